The third-order valence-corrected chi connectivity index (χ3v) is 3.22. The number of aryl methyl sites for hydroxylation is 2. The molecular formula is C15H16ClNO. The van der Waals surface area contributed by atoms with Crippen LogP contribution in [-0.4, -0.2) is 10.1 Å². The van der Waals surface area contributed by atoms with Crippen molar-refractivity contribution < 1.29 is 5.11 Å². The highest BCUT2D eigenvalue weighted by atomic mass is 35.5. The highest BCUT2D eigenvalue weighted by Gasteiger charge is 2.12. The molecule has 2 nitrogen and oxygen atoms in total. The molecule has 1 aromatic heterocycles. The van der Waals surface area contributed by atoms with E-state index in [0.717, 1.165) is 22.4 Å². The largest absolute Gasteiger partial charge is 0.388 e. The van der Waals surface area contributed by atoms with Gasteiger partial charge in [-0.1, -0.05) is 29.8 Å². The van der Waals surface area contributed by atoms with Crippen LogP contribution >= 0.6 is 11.6 Å². The Hall–Kier alpha value is -1.38. The molecule has 3 heteroatoms. The van der Waals surface area contributed by atoms with Crippen LogP contribution in [0.4, 0.5) is 0 Å². The van der Waals surface area contributed by atoms with Gasteiger partial charge in [-0.2, -0.15) is 0 Å². The average molecular weight is 262 g/mol. The molecule has 1 atom stereocenters. The van der Waals surface area contributed by atoms with Gasteiger partial charge in [0.25, 0.3) is 0 Å². The van der Waals surface area contributed by atoms with Crippen LogP contribution in [0.5, 0.6) is 0 Å². The van der Waals surface area contributed by atoms with Crippen molar-refractivity contribution in [2.75, 3.05) is 0 Å². The summed E-state index contributed by atoms with van der Waals surface area (Å²) < 4.78 is 0. The number of rotatable bonds is 3. The van der Waals surface area contributed by atoms with E-state index in [1.165, 1.54) is 0 Å². The minimum absolute atomic E-state index is 0.475. The van der Waals surface area contributed by atoms with Gasteiger partial charge in [-0.25, -0.2) is 0 Å². The quantitative estimate of drug-likeness (QED) is 0.915. The molecule has 1 unspecified atom stereocenters. The molecule has 94 valence electrons. The van der Waals surface area contributed by atoms with Gasteiger partial charge in [-0.15, -0.1) is 0 Å². The van der Waals surface area contributed by atoms with Gasteiger partial charge in [-0.3, -0.25) is 4.98 Å². The van der Waals surface area contributed by atoms with E-state index < -0.39 is 6.10 Å². The van der Waals surface area contributed by atoms with Crippen molar-refractivity contribution in [2.45, 2.75) is 26.4 Å². The van der Waals surface area contributed by atoms with Gasteiger partial charge >= 0.3 is 0 Å². The van der Waals surface area contributed by atoms with Crippen molar-refractivity contribution in [1.29, 1.82) is 0 Å². The number of hydrogen-bond donors (Lipinski definition) is 1. The second kappa shape index (κ2) is 5.51. The van der Waals surface area contributed by atoms with Crippen molar-refractivity contribution in [3.63, 3.8) is 0 Å². The first kappa shape index (κ1) is 13.1. The van der Waals surface area contributed by atoms with E-state index in [4.69, 9.17) is 11.6 Å². The van der Waals surface area contributed by atoms with Gasteiger partial charge in [0.05, 0.1) is 6.10 Å². The Morgan fingerprint density at radius 3 is 2.50 bits per heavy atom. The summed E-state index contributed by atoms with van der Waals surface area (Å²) >= 11 is 6.14. The number of pyridine rings is 1. The maximum absolute atomic E-state index is 10.2. The topological polar surface area (TPSA) is 33.1 Å². The highest BCUT2D eigenvalue weighted by molar-refractivity contribution is 6.31. The third-order valence-electron chi connectivity index (χ3n) is 2.89. The molecule has 0 bridgehead atoms. The van der Waals surface area contributed by atoms with Crippen LogP contribution in [0.2, 0.25) is 5.02 Å². The smallest absolute Gasteiger partial charge is 0.0859 e. The summed E-state index contributed by atoms with van der Waals surface area (Å²) in [6, 6.07) is 9.61. The summed E-state index contributed by atoms with van der Waals surface area (Å²) in [5.41, 5.74) is 3.82. The van der Waals surface area contributed by atoms with Crippen LogP contribution in [0.15, 0.2) is 36.5 Å². The lowest BCUT2D eigenvalue weighted by molar-refractivity contribution is 0.177. The number of halogens is 1. The fourth-order valence-corrected chi connectivity index (χ4v) is 2.19. The molecule has 0 aliphatic rings. The molecule has 2 rings (SSSR count). The zero-order chi connectivity index (χ0) is 13.1. The predicted molar refractivity (Wildman–Crippen MR) is 73.8 cm³/mol. The Morgan fingerprint density at radius 1 is 1.17 bits per heavy atom. The molecule has 2 aromatic rings. The maximum atomic E-state index is 10.2. The Morgan fingerprint density at radius 2 is 1.89 bits per heavy atom. The van der Waals surface area contributed by atoms with Crippen molar-refractivity contribution >= 4 is 11.6 Å². The number of aliphatic hydroxyl groups excluding tert-OH is 1. The monoisotopic (exact) mass is 261 g/mol. The molecule has 18 heavy (non-hydrogen) atoms. The predicted octanol–water partition coefficient (Wildman–Crippen LogP) is 3.63. The zero-order valence-electron chi connectivity index (χ0n) is 10.5. The van der Waals surface area contributed by atoms with Gasteiger partial charge in [-0.05, 0) is 42.7 Å². The number of nitrogens with zero attached hydrogens (tertiary/aromatic N) is 1. The Labute approximate surface area is 112 Å². The molecule has 0 aliphatic heterocycles. The zero-order valence-corrected chi connectivity index (χ0v) is 11.3. The summed E-state index contributed by atoms with van der Waals surface area (Å²) in [5.74, 6) is 0. The second-order valence-corrected chi connectivity index (χ2v) is 4.98. The first-order valence-corrected chi connectivity index (χ1v) is 6.29. The lowest BCUT2D eigenvalue weighted by Gasteiger charge is -2.13. The van der Waals surface area contributed by atoms with Gasteiger partial charge in [0.2, 0.25) is 0 Å². The summed E-state index contributed by atoms with van der Waals surface area (Å²) in [7, 11) is 0. The number of hydrogen-bond acceptors (Lipinski definition) is 2. The number of aliphatic hydroxyl groups is 1. The van der Waals surface area contributed by atoms with Gasteiger partial charge in [0, 0.05) is 23.3 Å². The van der Waals surface area contributed by atoms with Gasteiger partial charge in [0.15, 0.2) is 0 Å². The molecule has 0 amide bonds. The second-order valence-electron chi connectivity index (χ2n) is 4.57. The van der Waals surface area contributed by atoms with Crippen LogP contribution in [0.1, 0.15) is 28.5 Å². The van der Waals surface area contributed by atoms with Crippen LogP contribution in [0, 0.1) is 13.8 Å². The third kappa shape index (κ3) is 3.09. The molecule has 1 aromatic carbocycles. The Kier molecular flexibility index (Phi) is 4.00. The van der Waals surface area contributed by atoms with Crippen molar-refractivity contribution in [3.05, 3.63) is 63.9 Å². The fourth-order valence-electron chi connectivity index (χ4n) is 1.83. The van der Waals surface area contributed by atoms with E-state index in [-0.39, 0.29) is 0 Å². The molecule has 0 radical (unpaired) electrons. The lowest BCUT2D eigenvalue weighted by atomic mass is 10.0. The van der Waals surface area contributed by atoms with Gasteiger partial charge < -0.3 is 5.11 Å². The summed E-state index contributed by atoms with van der Waals surface area (Å²) in [6.45, 7) is 3.97. The van der Waals surface area contributed by atoms with Crippen molar-refractivity contribution in [2.24, 2.45) is 0 Å². The fraction of sp³-hybridized carbons (Fsp3) is 0.267. The normalized spacial score (nSPS) is 12.4. The van der Waals surface area contributed by atoms with Crippen molar-refractivity contribution in [3.8, 4) is 0 Å². The van der Waals surface area contributed by atoms with Crippen molar-refractivity contribution in [1.82, 2.24) is 4.98 Å². The lowest BCUT2D eigenvalue weighted by Crippen LogP contribution is -2.04. The van der Waals surface area contributed by atoms with E-state index in [2.05, 4.69) is 4.98 Å². The molecule has 1 heterocycles. The Balaban J connectivity index is 2.16. The minimum atomic E-state index is -0.617. The van der Waals surface area contributed by atoms with E-state index in [0.29, 0.717) is 11.4 Å². The molecule has 1 N–H and O–H groups in total. The van der Waals surface area contributed by atoms with Gasteiger partial charge in [0.1, 0.15) is 0 Å². The summed E-state index contributed by atoms with van der Waals surface area (Å²) in [5, 5.41) is 10.8. The maximum Gasteiger partial charge on any atom is 0.0859 e. The Bertz CT molecular complexity index is 537. The standard InChI is InChI=1S/C15H16ClNO/c1-10-4-6-13(14(16)7-10)15(18)8-12-5-3-11(2)9-17-12/h3-7,9,15,18H,8H2,1-2H3. The SMILES string of the molecule is Cc1ccc(CC(O)c2ccc(C)cc2Cl)nc1. The molecule has 0 saturated carbocycles. The molecule has 0 spiro atoms. The number of aromatic nitrogens is 1. The highest BCUT2D eigenvalue weighted by Crippen LogP contribution is 2.26. The molecule has 0 aliphatic carbocycles. The average Bonchev–Trinajstić information content (AvgIpc) is 2.32. The van der Waals surface area contributed by atoms with E-state index in [9.17, 15) is 5.11 Å². The van der Waals surface area contributed by atoms with E-state index in [1.807, 2.05) is 44.2 Å². The summed E-state index contributed by atoms with van der Waals surface area (Å²) in [4.78, 5) is 4.29. The molecule has 0 saturated heterocycles. The molecule has 0 fully saturated rings. The van der Waals surface area contributed by atoms with E-state index >= 15 is 0 Å². The summed E-state index contributed by atoms with van der Waals surface area (Å²) in [6.07, 6.45) is 1.66. The number of benzene rings is 1. The van der Waals surface area contributed by atoms with E-state index in [1.54, 1.807) is 6.20 Å². The molecular weight excluding hydrogens is 246 g/mol. The van der Waals surface area contributed by atoms with Crippen LogP contribution in [0.3, 0.4) is 0 Å². The minimum Gasteiger partial charge on any atom is -0.388 e. The van der Waals surface area contributed by atoms with Crippen LogP contribution < -0.4 is 0 Å². The first-order valence-electron chi connectivity index (χ1n) is 5.92. The van der Waals surface area contributed by atoms with Crippen LogP contribution in [-0.2, 0) is 6.42 Å². The first-order chi connectivity index (χ1) is 8.56. The van der Waals surface area contributed by atoms with Crippen LogP contribution in [0.25, 0.3) is 0 Å².